The van der Waals surface area contributed by atoms with E-state index in [9.17, 15) is 9.59 Å². The van der Waals surface area contributed by atoms with Gasteiger partial charge in [0, 0.05) is 25.6 Å². The highest BCUT2D eigenvalue weighted by molar-refractivity contribution is 7.22. The Morgan fingerprint density at radius 1 is 1.21 bits per heavy atom. The van der Waals surface area contributed by atoms with Crippen molar-refractivity contribution in [3.63, 3.8) is 0 Å². The Kier molecular flexibility index (Phi) is 8.05. The molecule has 1 aliphatic heterocycles. The fraction of sp³-hybridized carbons (Fsp3) is 0.346. The van der Waals surface area contributed by atoms with Crippen LogP contribution in [0.2, 0.25) is 0 Å². The second kappa shape index (κ2) is 11.4. The fourth-order valence-corrected chi connectivity index (χ4v) is 4.82. The smallest absolute Gasteiger partial charge is 0.259 e. The maximum atomic E-state index is 12.5. The maximum absolute atomic E-state index is 12.5. The minimum atomic E-state index is -0.271. The van der Waals surface area contributed by atoms with Crippen LogP contribution >= 0.6 is 11.3 Å². The van der Waals surface area contributed by atoms with E-state index in [1.807, 2.05) is 37.3 Å². The topological polar surface area (TPSA) is 72.0 Å². The van der Waals surface area contributed by atoms with E-state index in [0.29, 0.717) is 16.4 Å². The molecule has 0 N–H and O–H groups in total. The van der Waals surface area contributed by atoms with Gasteiger partial charge in [-0.3, -0.25) is 14.5 Å². The van der Waals surface area contributed by atoms with Crippen LogP contribution in [-0.2, 0) is 16.0 Å². The third-order valence-electron chi connectivity index (χ3n) is 5.62. The summed E-state index contributed by atoms with van der Waals surface area (Å²) in [5.74, 6) is 0.221. The highest BCUT2D eigenvalue weighted by Gasteiger charge is 2.21. The minimum Gasteiger partial charge on any atom is -0.379 e. The van der Waals surface area contributed by atoms with Gasteiger partial charge in [0.1, 0.15) is 0 Å². The summed E-state index contributed by atoms with van der Waals surface area (Å²) in [4.78, 5) is 38.0. The molecule has 0 radical (unpaired) electrons. The molecule has 1 aromatic heterocycles. The van der Waals surface area contributed by atoms with Crippen LogP contribution < -0.4 is 9.90 Å². The first-order valence-electron chi connectivity index (χ1n) is 11.5. The first-order chi connectivity index (χ1) is 16.5. The van der Waals surface area contributed by atoms with Gasteiger partial charge >= 0.3 is 0 Å². The average Bonchev–Trinajstić information content (AvgIpc) is 3.27. The predicted octanol–water partition coefficient (Wildman–Crippen LogP) is 4.67. The van der Waals surface area contributed by atoms with Crippen molar-refractivity contribution in [2.24, 2.45) is 0 Å². The van der Waals surface area contributed by atoms with Gasteiger partial charge in [-0.1, -0.05) is 29.5 Å². The number of hydroxylamine groups is 1. The molecule has 1 aliphatic rings. The van der Waals surface area contributed by atoms with E-state index in [-0.39, 0.29) is 11.7 Å². The normalized spacial score (nSPS) is 14.5. The molecule has 1 fully saturated rings. The number of anilines is 1. The van der Waals surface area contributed by atoms with Crippen molar-refractivity contribution in [2.75, 3.05) is 37.9 Å². The molecule has 8 heteroatoms. The molecular formula is C26H29N3O4S. The number of aromatic nitrogens is 1. The fourth-order valence-electron chi connectivity index (χ4n) is 3.87. The summed E-state index contributed by atoms with van der Waals surface area (Å²) >= 11 is 1.40. The molecule has 7 nitrogen and oxygen atoms in total. The number of thiazole rings is 1. The highest BCUT2D eigenvalue weighted by Crippen LogP contribution is 2.31. The van der Waals surface area contributed by atoms with Crippen molar-refractivity contribution in [3.05, 3.63) is 65.7 Å². The van der Waals surface area contributed by atoms with Gasteiger partial charge < -0.3 is 9.57 Å². The van der Waals surface area contributed by atoms with Gasteiger partial charge in [0.15, 0.2) is 11.5 Å². The van der Waals surface area contributed by atoms with Gasteiger partial charge in [-0.05, 0) is 68.3 Å². The Labute approximate surface area is 203 Å². The van der Waals surface area contributed by atoms with Crippen molar-refractivity contribution >= 4 is 38.4 Å². The van der Waals surface area contributed by atoms with Gasteiger partial charge in [-0.2, -0.15) is 0 Å². The molecule has 34 heavy (non-hydrogen) atoms. The summed E-state index contributed by atoms with van der Waals surface area (Å²) < 4.78 is 6.41. The molecule has 3 aromatic rings. The highest BCUT2D eigenvalue weighted by atomic mass is 32.1. The molecule has 1 saturated heterocycles. The van der Waals surface area contributed by atoms with Gasteiger partial charge in [0.25, 0.3) is 5.91 Å². The molecule has 0 spiro atoms. The summed E-state index contributed by atoms with van der Waals surface area (Å²) in [5.41, 5.74) is 2.30. The van der Waals surface area contributed by atoms with Crippen molar-refractivity contribution in [1.29, 1.82) is 0 Å². The first kappa shape index (κ1) is 24.1. The largest absolute Gasteiger partial charge is 0.379 e. The number of amides is 1. The van der Waals surface area contributed by atoms with Crippen LogP contribution in [0.1, 0.15) is 36.2 Å². The summed E-state index contributed by atoms with van der Waals surface area (Å²) in [7, 11) is 0. The number of carbonyl (C=O) groups is 2. The molecular weight excluding hydrogens is 450 g/mol. The second-order valence-corrected chi connectivity index (χ2v) is 9.12. The van der Waals surface area contributed by atoms with Gasteiger partial charge in [0.2, 0.25) is 5.13 Å². The Bertz CT molecular complexity index is 1150. The third kappa shape index (κ3) is 5.88. The van der Waals surface area contributed by atoms with Gasteiger partial charge in [-0.15, -0.1) is 5.06 Å². The number of para-hydroxylation sites is 1. The van der Waals surface area contributed by atoms with E-state index in [2.05, 4.69) is 9.88 Å². The number of morpholine rings is 1. The van der Waals surface area contributed by atoms with Crippen molar-refractivity contribution in [1.82, 2.24) is 9.88 Å². The van der Waals surface area contributed by atoms with Crippen LogP contribution in [0.4, 0.5) is 5.13 Å². The number of aryl methyl sites for hydroxylation is 1. The number of hydrogen-bond acceptors (Lipinski definition) is 7. The molecule has 2 heterocycles. The van der Waals surface area contributed by atoms with E-state index >= 15 is 0 Å². The molecule has 0 bridgehead atoms. The summed E-state index contributed by atoms with van der Waals surface area (Å²) in [6.45, 7) is 7.59. The third-order valence-corrected chi connectivity index (χ3v) is 6.62. The van der Waals surface area contributed by atoms with Crippen molar-refractivity contribution in [3.8, 4) is 5.75 Å². The molecule has 178 valence electrons. The molecule has 4 rings (SSSR count). The Balaban J connectivity index is 1.58. The number of ether oxygens (including phenoxy) is 1. The van der Waals surface area contributed by atoms with Crippen LogP contribution in [0.25, 0.3) is 10.2 Å². The van der Waals surface area contributed by atoms with E-state index in [1.54, 1.807) is 24.3 Å². The van der Waals surface area contributed by atoms with Crippen LogP contribution in [0.3, 0.4) is 0 Å². The average molecular weight is 480 g/mol. The van der Waals surface area contributed by atoms with E-state index in [1.165, 1.54) is 23.3 Å². The number of carbonyl (C=O) groups excluding carboxylic acids is 2. The molecule has 0 aliphatic carbocycles. The second-order valence-electron chi connectivity index (χ2n) is 8.11. The standard InChI is InChI=1S/C26H29N3O4S/c1-3-7-23(31)20-11-12-24(21(18-20)8-6-13-28-14-16-32-17-15-28)33-29(19(2)30)26-27-22-9-4-5-10-25(22)34-26/h3-5,7,9-12,18H,6,8,13-17H2,1-2H3/b7-3+. The lowest BCUT2D eigenvalue weighted by molar-refractivity contribution is -0.120. The Morgan fingerprint density at radius 3 is 2.74 bits per heavy atom. The number of hydrogen-bond donors (Lipinski definition) is 0. The minimum absolute atomic E-state index is 0.0573. The molecule has 2 aromatic carbocycles. The van der Waals surface area contributed by atoms with Crippen LogP contribution in [-0.4, -0.2) is 54.4 Å². The lowest BCUT2D eigenvalue weighted by Gasteiger charge is -2.26. The maximum Gasteiger partial charge on any atom is 0.259 e. The van der Waals surface area contributed by atoms with Gasteiger partial charge in [-0.25, -0.2) is 4.98 Å². The van der Waals surface area contributed by atoms with Crippen LogP contribution in [0, 0.1) is 0 Å². The summed E-state index contributed by atoms with van der Waals surface area (Å²) in [5, 5.41) is 1.71. The lowest BCUT2D eigenvalue weighted by atomic mass is 10.0. The zero-order valence-electron chi connectivity index (χ0n) is 19.5. The SMILES string of the molecule is C/C=C/C(=O)c1ccc(ON(C(C)=O)c2nc3ccccc3s2)c(CCCN2CCOCC2)c1. The number of benzene rings is 2. The van der Waals surface area contributed by atoms with Crippen LogP contribution in [0.5, 0.6) is 5.75 Å². The van der Waals surface area contributed by atoms with E-state index in [0.717, 1.165) is 61.5 Å². The molecule has 0 saturated carbocycles. The monoisotopic (exact) mass is 479 g/mol. The quantitative estimate of drug-likeness (QED) is 0.252. The lowest BCUT2D eigenvalue weighted by Crippen LogP contribution is -2.37. The Morgan fingerprint density at radius 2 is 2.00 bits per heavy atom. The number of allylic oxidation sites excluding steroid dienone is 2. The Hall–Kier alpha value is -3.07. The zero-order valence-corrected chi connectivity index (χ0v) is 20.3. The summed E-state index contributed by atoms with van der Waals surface area (Å²) in [6.07, 6.45) is 4.90. The first-order valence-corrected chi connectivity index (χ1v) is 12.3. The molecule has 0 unspecified atom stereocenters. The number of ketones is 1. The number of nitrogens with zero attached hydrogens (tertiary/aromatic N) is 3. The zero-order chi connectivity index (χ0) is 23.9. The number of fused-ring (bicyclic) bond motifs is 1. The van der Waals surface area contributed by atoms with E-state index < -0.39 is 0 Å². The molecule has 1 amide bonds. The van der Waals surface area contributed by atoms with Gasteiger partial charge in [0.05, 0.1) is 23.4 Å². The number of rotatable bonds is 9. The van der Waals surface area contributed by atoms with Crippen molar-refractivity contribution < 1.29 is 19.2 Å². The van der Waals surface area contributed by atoms with Crippen LogP contribution in [0.15, 0.2) is 54.6 Å². The molecule has 0 atom stereocenters. The predicted molar refractivity (Wildman–Crippen MR) is 135 cm³/mol. The van der Waals surface area contributed by atoms with Crippen molar-refractivity contribution in [2.45, 2.75) is 26.7 Å². The van der Waals surface area contributed by atoms with E-state index in [4.69, 9.17) is 9.57 Å². The summed E-state index contributed by atoms with van der Waals surface area (Å²) in [6, 6.07) is 13.1.